The van der Waals surface area contributed by atoms with Gasteiger partial charge in [-0.05, 0) is 28.9 Å². The average Bonchev–Trinajstić information content (AvgIpc) is 2.97. The monoisotopic (exact) mass is 295 g/mol. The highest BCUT2D eigenvalue weighted by molar-refractivity contribution is 7.07. The van der Waals surface area contributed by atoms with Crippen molar-refractivity contribution in [3.05, 3.63) is 22.4 Å². The molecule has 1 unspecified atom stereocenters. The van der Waals surface area contributed by atoms with Gasteiger partial charge in [0.15, 0.2) is 0 Å². The fourth-order valence-corrected chi connectivity index (χ4v) is 3.19. The zero-order chi connectivity index (χ0) is 14.4. The summed E-state index contributed by atoms with van der Waals surface area (Å²) in [5.41, 5.74) is 1.38. The summed E-state index contributed by atoms with van der Waals surface area (Å²) in [5.74, 6) is 0.375. The Morgan fingerprint density at radius 2 is 2.15 bits per heavy atom. The maximum atomic E-state index is 12.3. The van der Waals surface area contributed by atoms with Crippen LogP contribution in [0.5, 0.6) is 0 Å². The van der Waals surface area contributed by atoms with Crippen LogP contribution >= 0.6 is 11.3 Å². The van der Waals surface area contributed by atoms with Gasteiger partial charge in [0.1, 0.15) is 0 Å². The third kappa shape index (κ3) is 4.30. The van der Waals surface area contributed by atoms with E-state index in [1.165, 1.54) is 5.56 Å². The molecule has 112 valence electrons. The van der Waals surface area contributed by atoms with E-state index in [1.54, 1.807) is 11.3 Å². The van der Waals surface area contributed by atoms with E-state index in [1.807, 2.05) is 11.8 Å². The molecule has 0 radical (unpaired) electrons. The number of nitrogens with zero attached hydrogens (tertiary/aromatic N) is 2. The lowest BCUT2D eigenvalue weighted by Crippen LogP contribution is -2.50. The molecular weight excluding hydrogens is 270 g/mol. The summed E-state index contributed by atoms with van der Waals surface area (Å²) in [6.07, 6.45) is 0. The molecule has 0 saturated carbocycles. The third-order valence-corrected chi connectivity index (χ3v) is 4.52. The highest BCUT2D eigenvalue weighted by Gasteiger charge is 2.24. The lowest BCUT2D eigenvalue weighted by Gasteiger charge is -2.35. The van der Waals surface area contributed by atoms with Gasteiger partial charge >= 0.3 is 0 Å². The van der Waals surface area contributed by atoms with Crippen LogP contribution in [0.4, 0.5) is 0 Å². The first-order chi connectivity index (χ1) is 9.70. The summed E-state index contributed by atoms with van der Waals surface area (Å²) in [7, 11) is 0. The Morgan fingerprint density at radius 3 is 2.75 bits per heavy atom. The minimum Gasteiger partial charge on any atom is -0.340 e. The molecule has 1 N–H and O–H groups in total. The number of hydrogen-bond donors (Lipinski definition) is 1. The van der Waals surface area contributed by atoms with Crippen molar-refractivity contribution in [2.75, 3.05) is 39.3 Å². The summed E-state index contributed by atoms with van der Waals surface area (Å²) in [6, 6.07) is 2.18. The molecule has 1 aliphatic heterocycles. The molecule has 1 aromatic heterocycles. The molecule has 2 heterocycles. The van der Waals surface area contributed by atoms with E-state index in [-0.39, 0.29) is 5.92 Å². The van der Waals surface area contributed by atoms with Gasteiger partial charge in [-0.1, -0.05) is 13.8 Å². The van der Waals surface area contributed by atoms with Gasteiger partial charge in [0, 0.05) is 45.2 Å². The second-order valence-electron chi connectivity index (χ2n) is 5.44. The highest BCUT2D eigenvalue weighted by atomic mass is 32.1. The fraction of sp³-hybridized carbons (Fsp3) is 0.667. The van der Waals surface area contributed by atoms with Gasteiger partial charge in [-0.15, -0.1) is 0 Å². The van der Waals surface area contributed by atoms with Crippen molar-refractivity contribution in [1.82, 2.24) is 15.1 Å². The van der Waals surface area contributed by atoms with Gasteiger partial charge in [0.05, 0.1) is 0 Å². The molecular formula is C15H25N3OS. The molecule has 0 spiro atoms. The molecule has 1 atom stereocenters. The molecule has 4 nitrogen and oxygen atoms in total. The summed E-state index contributed by atoms with van der Waals surface area (Å²) < 4.78 is 0. The van der Waals surface area contributed by atoms with Crippen LogP contribution in [0.3, 0.4) is 0 Å². The van der Waals surface area contributed by atoms with Crippen molar-refractivity contribution >= 4 is 17.2 Å². The van der Waals surface area contributed by atoms with Crippen LogP contribution in [-0.4, -0.2) is 55.0 Å². The number of piperazine rings is 1. The van der Waals surface area contributed by atoms with Gasteiger partial charge < -0.3 is 10.2 Å². The Labute approximate surface area is 125 Å². The van der Waals surface area contributed by atoms with E-state index >= 15 is 0 Å². The number of carbonyl (C=O) groups excluding carboxylic acids is 1. The zero-order valence-electron chi connectivity index (χ0n) is 12.5. The normalized spacial score (nSPS) is 18.2. The van der Waals surface area contributed by atoms with Gasteiger partial charge in [-0.3, -0.25) is 9.69 Å². The summed E-state index contributed by atoms with van der Waals surface area (Å²) in [5, 5.41) is 7.58. The molecule has 1 fully saturated rings. The van der Waals surface area contributed by atoms with E-state index in [9.17, 15) is 4.79 Å². The first-order valence-corrected chi connectivity index (χ1v) is 8.38. The second kappa shape index (κ2) is 7.76. The molecule has 1 amide bonds. The molecule has 2 rings (SSSR count). The predicted molar refractivity (Wildman–Crippen MR) is 83.9 cm³/mol. The van der Waals surface area contributed by atoms with Crippen LogP contribution in [0.25, 0.3) is 0 Å². The van der Waals surface area contributed by atoms with E-state index in [0.717, 1.165) is 45.8 Å². The van der Waals surface area contributed by atoms with Gasteiger partial charge in [-0.25, -0.2) is 0 Å². The Kier molecular flexibility index (Phi) is 6.01. The summed E-state index contributed by atoms with van der Waals surface area (Å²) in [4.78, 5) is 16.7. The highest BCUT2D eigenvalue weighted by Crippen LogP contribution is 2.13. The Hall–Kier alpha value is -0.910. The average molecular weight is 295 g/mol. The molecule has 20 heavy (non-hydrogen) atoms. The molecule has 1 aliphatic rings. The zero-order valence-corrected chi connectivity index (χ0v) is 13.3. The number of carbonyl (C=O) groups is 1. The Balaban J connectivity index is 1.74. The molecule has 1 aromatic rings. The lowest BCUT2D eigenvalue weighted by atomic mass is 10.1. The molecule has 1 saturated heterocycles. The van der Waals surface area contributed by atoms with Crippen molar-refractivity contribution in [3.8, 4) is 0 Å². The predicted octanol–water partition coefficient (Wildman–Crippen LogP) is 1.64. The van der Waals surface area contributed by atoms with Crippen LogP contribution in [-0.2, 0) is 11.3 Å². The molecule has 0 bridgehead atoms. The van der Waals surface area contributed by atoms with E-state index in [0.29, 0.717) is 5.91 Å². The Morgan fingerprint density at radius 1 is 1.40 bits per heavy atom. The first-order valence-electron chi connectivity index (χ1n) is 7.43. The largest absolute Gasteiger partial charge is 0.340 e. The maximum Gasteiger partial charge on any atom is 0.226 e. The summed E-state index contributed by atoms with van der Waals surface area (Å²) >= 11 is 1.75. The van der Waals surface area contributed by atoms with Crippen LogP contribution in [0.1, 0.15) is 19.4 Å². The van der Waals surface area contributed by atoms with Crippen LogP contribution < -0.4 is 5.32 Å². The van der Waals surface area contributed by atoms with Crippen molar-refractivity contribution in [2.45, 2.75) is 20.4 Å². The minimum atomic E-state index is 0.0818. The maximum absolute atomic E-state index is 12.3. The van der Waals surface area contributed by atoms with Crippen molar-refractivity contribution in [1.29, 1.82) is 0 Å². The van der Waals surface area contributed by atoms with Gasteiger partial charge in [-0.2, -0.15) is 11.3 Å². The summed E-state index contributed by atoms with van der Waals surface area (Å²) in [6.45, 7) is 10.5. The lowest BCUT2D eigenvalue weighted by molar-refractivity contribution is -0.136. The first kappa shape index (κ1) is 15.5. The standard InChI is InChI=1S/C15H25N3OS/c1-3-16-10-13(2)15(19)18-7-5-17(6-8-18)11-14-4-9-20-12-14/h4,9,12-13,16H,3,5-8,10-11H2,1-2H3. The Bertz CT molecular complexity index is 399. The number of rotatable bonds is 6. The van der Waals surface area contributed by atoms with Crippen molar-refractivity contribution in [3.63, 3.8) is 0 Å². The van der Waals surface area contributed by atoms with Gasteiger partial charge in [0.2, 0.25) is 5.91 Å². The van der Waals surface area contributed by atoms with Gasteiger partial charge in [0.25, 0.3) is 0 Å². The van der Waals surface area contributed by atoms with E-state index < -0.39 is 0 Å². The van der Waals surface area contributed by atoms with Crippen molar-refractivity contribution < 1.29 is 4.79 Å². The number of amides is 1. The topological polar surface area (TPSA) is 35.6 Å². The molecule has 0 aromatic carbocycles. The number of thiophene rings is 1. The smallest absolute Gasteiger partial charge is 0.226 e. The van der Waals surface area contributed by atoms with Crippen LogP contribution in [0.15, 0.2) is 16.8 Å². The van der Waals surface area contributed by atoms with Crippen LogP contribution in [0.2, 0.25) is 0 Å². The van der Waals surface area contributed by atoms with E-state index in [4.69, 9.17) is 0 Å². The van der Waals surface area contributed by atoms with Crippen molar-refractivity contribution in [2.24, 2.45) is 5.92 Å². The third-order valence-electron chi connectivity index (χ3n) is 3.79. The quantitative estimate of drug-likeness (QED) is 0.866. The molecule has 5 heteroatoms. The second-order valence-corrected chi connectivity index (χ2v) is 6.22. The minimum absolute atomic E-state index is 0.0818. The van der Waals surface area contributed by atoms with Crippen LogP contribution in [0, 0.1) is 5.92 Å². The molecule has 0 aliphatic carbocycles. The number of nitrogens with one attached hydrogen (secondary N) is 1. The SMILES string of the molecule is CCNCC(C)C(=O)N1CCN(Cc2ccsc2)CC1. The fourth-order valence-electron chi connectivity index (χ4n) is 2.53. The van der Waals surface area contributed by atoms with E-state index in [2.05, 4.69) is 34.0 Å². The number of hydrogen-bond acceptors (Lipinski definition) is 4.